The predicted octanol–water partition coefficient (Wildman–Crippen LogP) is 4.71. The van der Waals surface area contributed by atoms with Crippen molar-refractivity contribution in [2.45, 2.75) is 9.79 Å². The Morgan fingerprint density at radius 1 is 0.826 bits per heavy atom. The predicted molar refractivity (Wildman–Crippen MR) is 94.3 cm³/mol. The number of fused-ring (bicyclic) bond motifs is 2. The summed E-state index contributed by atoms with van der Waals surface area (Å²) >= 11 is 1.68. The average molecular weight is 318 g/mol. The molecule has 1 aliphatic rings. The Balaban J connectivity index is 1.89. The van der Waals surface area contributed by atoms with Crippen molar-refractivity contribution in [2.75, 3.05) is 10.6 Å². The Bertz CT molecular complexity index is 862. The molecule has 2 N–H and O–H groups in total. The first-order chi connectivity index (χ1) is 11.2. The van der Waals surface area contributed by atoms with Crippen LogP contribution in [0, 0.1) is 0 Å². The van der Waals surface area contributed by atoms with Gasteiger partial charge in [0, 0.05) is 21.0 Å². The van der Waals surface area contributed by atoms with Gasteiger partial charge in [0.25, 0.3) is 5.91 Å². The van der Waals surface area contributed by atoms with Gasteiger partial charge in [-0.15, -0.1) is 0 Å². The van der Waals surface area contributed by atoms with E-state index in [4.69, 9.17) is 5.73 Å². The lowest BCUT2D eigenvalue weighted by Gasteiger charge is -2.31. The van der Waals surface area contributed by atoms with Crippen LogP contribution in [0.3, 0.4) is 0 Å². The Kier molecular flexibility index (Phi) is 3.32. The van der Waals surface area contributed by atoms with Crippen LogP contribution in [-0.2, 0) is 0 Å². The largest absolute Gasteiger partial charge is 0.399 e. The molecule has 4 rings (SSSR count). The summed E-state index contributed by atoms with van der Waals surface area (Å²) in [5.74, 6) is -0.0718. The van der Waals surface area contributed by atoms with E-state index < -0.39 is 0 Å². The fourth-order valence-electron chi connectivity index (χ4n) is 2.72. The molecule has 1 amide bonds. The first-order valence-electron chi connectivity index (χ1n) is 7.30. The number of hydrogen-bond acceptors (Lipinski definition) is 3. The first-order valence-corrected chi connectivity index (χ1v) is 8.11. The maximum atomic E-state index is 13.1. The molecule has 0 radical (unpaired) electrons. The summed E-state index contributed by atoms with van der Waals surface area (Å²) in [7, 11) is 0. The minimum atomic E-state index is -0.0718. The van der Waals surface area contributed by atoms with E-state index in [-0.39, 0.29) is 5.91 Å². The second-order valence-corrected chi connectivity index (χ2v) is 6.39. The van der Waals surface area contributed by atoms with Crippen LogP contribution in [0.5, 0.6) is 0 Å². The number of nitrogen functional groups attached to an aromatic ring is 1. The molecule has 3 aromatic rings. The van der Waals surface area contributed by atoms with Crippen LogP contribution < -0.4 is 10.6 Å². The maximum absolute atomic E-state index is 13.1. The fraction of sp³-hybridized carbons (Fsp3) is 0. The van der Waals surface area contributed by atoms with Crippen molar-refractivity contribution in [3.63, 3.8) is 0 Å². The van der Waals surface area contributed by atoms with Gasteiger partial charge in [-0.05, 0) is 42.5 Å². The third kappa shape index (κ3) is 2.37. The molecule has 0 aromatic heterocycles. The normalized spacial score (nSPS) is 12.4. The zero-order valence-electron chi connectivity index (χ0n) is 12.3. The number of benzene rings is 3. The number of anilines is 3. The lowest BCUT2D eigenvalue weighted by molar-refractivity contribution is 0.0998. The van der Waals surface area contributed by atoms with Crippen molar-refractivity contribution in [3.05, 3.63) is 78.4 Å². The molecule has 0 unspecified atom stereocenters. The third-order valence-corrected chi connectivity index (χ3v) is 4.90. The van der Waals surface area contributed by atoms with Crippen molar-refractivity contribution >= 4 is 34.7 Å². The smallest absolute Gasteiger partial charge is 0.262 e. The number of carbonyl (C=O) groups excluding carboxylic acids is 1. The number of rotatable bonds is 1. The highest BCUT2D eigenvalue weighted by molar-refractivity contribution is 7.99. The van der Waals surface area contributed by atoms with Crippen LogP contribution in [0.15, 0.2) is 82.6 Å². The lowest BCUT2D eigenvalue weighted by Crippen LogP contribution is -2.28. The van der Waals surface area contributed by atoms with E-state index in [2.05, 4.69) is 0 Å². The minimum absolute atomic E-state index is 0.0718. The number of para-hydroxylation sites is 2. The van der Waals surface area contributed by atoms with Crippen LogP contribution in [0.2, 0.25) is 0 Å². The molecule has 4 heteroatoms. The van der Waals surface area contributed by atoms with Crippen LogP contribution in [-0.4, -0.2) is 5.91 Å². The van der Waals surface area contributed by atoms with Crippen molar-refractivity contribution in [1.82, 2.24) is 0 Å². The third-order valence-electron chi connectivity index (χ3n) is 3.77. The molecule has 1 heterocycles. The number of nitrogens with two attached hydrogens (primary N) is 1. The topological polar surface area (TPSA) is 46.3 Å². The summed E-state index contributed by atoms with van der Waals surface area (Å²) in [5, 5.41) is 0. The maximum Gasteiger partial charge on any atom is 0.262 e. The Morgan fingerprint density at radius 2 is 1.43 bits per heavy atom. The highest BCUT2D eigenvalue weighted by atomic mass is 32.2. The zero-order valence-corrected chi connectivity index (χ0v) is 13.1. The van der Waals surface area contributed by atoms with E-state index >= 15 is 0 Å². The van der Waals surface area contributed by atoms with Gasteiger partial charge in [0.2, 0.25) is 0 Å². The zero-order chi connectivity index (χ0) is 15.8. The summed E-state index contributed by atoms with van der Waals surface area (Å²) in [5.41, 5.74) is 8.82. The van der Waals surface area contributed by atoms with Crippen molar-refractivity contribution < 1.29 is 4.79 Å². The summed E-state index contributed by atoms with van der Waals surface area (Å²) in [6.07, 6.45) is 0. The van der Waals surface area contributed by atoms with Crippen LogP contribution >= 0.6 is 11.8 Å². The number of carbonyl (C=O) groups is 1. The molecule has 0 spiro atoms. The Labute approximate surface area is 138 Å². The molecule has 3 aromatic carbocycles. The van der Waals surface area contributed by atoms with Gasteiger partial charge < -0.3 is 5.73 Å². The highest BCUT2D eigenvalue weighted by Crippen LogP contribution is 2.48. The summed E-state index contributed by atoms with van der Waals surface area (Å²) in [6, 6.07) is 23.0. The molecule has 0 atom stereocenters. The van der Waals surface area contributed by atoms with Crippen molar-refractivity contribution in [2.24, 2.45) is 0 Å². The second kappa shape index (κ2) is 5.48. The van der Waals surface area contributed by atoms with Crippen LogP contribution in [0.4, 0.5) is 17.1 Å². The van der Waals surface area contributed by atoms with Gasteiger partial charge in [-0.2, -0.15) is 0 Å². The quantitative estimate of drug-likeness (QED) is 0.661. The minimum Gasteiger partial charge on any atom is -0.399 e. The molecule has 0 saturated heterocycles. The van der Waals surface area contributed by atoms with E-state index in [0.29, 0.717) is 11.3 Å². The van der Waals surface area contributed by atoms with Crippen molar-refractivity contribution in [3.8, 4) is 0 Å². The summed E-state index contributed by atoms with van der Waals surface area (Å²) < 4.78 is 0. The van der Waals surface area contributed by atoms with E-state index in [0.717, 1.165) is 21.2 Å². The van der Waals surface area contributed by atoms with Gasteiger partial charge in [0.05, 0.1) is 11.4 Å². The van der Waals surface area contributed by atoms with Crippen LogP contribution in [0.1, 0.15) is 10.4 Å². The van der Waals surface area contributed by atoms with E-state index in [1.807, 2.05) is 48.5 Å². The van der Waals surface area contributed by atoms with Gasteiger partial charge in [0.15, 0.2) is 0 Å². The van der Waals surface area contributed by atoms with Gasteiger partial charge in [0.1, 0.15) is 0 Å². The molecule has 23 heavy (non-hydrogen) atoms. The summed E-state index contributed by atoms with van der Waals surface area (Å²) in [4.78, 5) is 17.1. The second-order valence-electron chi connectivity index (χ2n) is 5.30. The first kappa shape index (κ1) is 13.9. The van der Waals surface area contributed by atoms with Gasteiger partial charge >= 0.3 is 0 Å². The monoisotopic (exact) mass is 318 g/mol. The standard InChI is InChI=1S/C19H14N2OS/c20-14-7-5-6-13(12-14)19(22)21-15-8-1-3-10-17(15)23-18-11-4-2-9-16(18)21/h1-12H,20H2. The SMILES string of the molecule is Nc1cccc(C(=O)N2c3ccccc3Sc3ccccc32)c1. The van der Waals surface area contributed by atoms with Gasteiger partial charge in [-0.25, -0.2) is 0 Å². The van der Waals surface area contributed by atoms with E-state index in [1.54, 1.807) is 40.9 Å². The molecule has 0 saturated carbocycles. The van der Waals surface area contributed by atoms with Crippen molar-refractivity contribution in [1.29, 1.82) is 0 Å². The highest BCUT2D eigenvalue weighted by Gasteiger charge is 2.28. The summed E-state index contributed by atoms with van der Waals surface area (Å²) in [6.45, 7) is 0. The van der Waals surface area contributed by atoms with Gasteiger partial charge in [-0.3, -0.25) is 9.69 Å². The average Bonchev–Trinajstić information content (AvgIpc) is 2.59. The van der Waals surface area contributed by atoms with Crippen LogP contribution in [0.25, 0.3) is 0 Å². The molecule has 112 valence electrons. The molecular weight excluding hydrogens is 304 g/mol. The molecular formula is C19H14N2OS. The van der Waals surface area contributed by atoms with E-state index in [9.17, 15) is 4.79 Å². The van der Waals surface area contributed by atoms with Gasteiger partial charge in [-0.1, -0.05) is 42.1 Å². The molecule has 0 bridgehead atoms. The Hall–Kier alpha value is -2.72. The Morgan fingerprint density at radius 3 is 2.04 bits per heavy atom. The number of hydrogen-bond donors (Lipinski definition) is 1. The number of amides is 1. The van der Waals surface area contributed by atoms with E-state index in [1.165, 1.54) is 0 Å². The molecule has 1 aliphatic heterocycles. The lowest BCUT2D eigenvalue weighted by atomic mass is 10.1. The number of nitrogens with zero attached hydrogens (tertiary/aromatic N) is 1. The fourth-order valence-corrected chi connectivity index (χ4v) is 3.78. The molecule has 3 nitrogen and oxygen atoms in total. The molecule has 0 fully saturated rings. The molecule has 0 aliphatic carbocycles.